The zero-order valence-electron chi connectivity index (χ0n) is 8.95. The fraction of sp³-hybridized carbons (Fsp3) is 0. The van der Waals surface area contributed by atoms with Crippen molar-refractivity contribution in [2.75, 3.05) is 5.32 Å². The van der Waals surface area contributed by atoms with E-state index in [1.165, 1.54) is 18.2 Å². The normalized spacial score (nSPS) is 10.2. The molecule has 0 saturated carbocycles. The van der Waals surface area contributed by atoms with Gasteiger partial charge in [-0.2, -0.15) is 4.39 Å². The lowest BCUT2D eigenvalue weighted by atomic mass is 10.2. The molecule has 0 bridgehead atoms. The van der Waals surface area contributed by atoms with E-state index in [9.17, 15) is 13.6 Å². The Balaban J connectivity index is 2.22. The largest absolute Gasteiger partial charge is 0.320 e. The van der Waals surface area contributed by atoms with E-state index in [1.54, 1.807) is 6.07 Å². The van der Waals surface area contributed by atoms with Crippen LogP contribution in [0.15, 0.2) is 41.0 Å². The summed E-state index contributed by atoms with van der Waals surface area (Å²) < 4.78 is 26.4. The predicted molar refractivity (Wildman–Crippen MR) is 66.2 cm³/mol. The zero-order valence-corrected chi connectivity index (χ0v) is 10.5. The van der Waals surface area contributed by atoms with Crippen LogP contribution in [-0.2, 0) is 0 Å². The number of aromatic nitrogens is 1. The summed E-state index contributed by atoms with van der Waals surface area (Å²) in [4.78, 5) is 15.2. The van der Waals surface area contributed by atoms with Crippen molar-refractivity contribution >= 4 is 27.5 Å². The summed E-state index contributed by atoms with van der Waals surface area (Å²) in [5.74, 6) is -1.92. The SMILES string of the molecule is O=C(Nc1ccc(F)nc1)c1cccc(Br)c1F. The summed E-state index contributed by atoms with van der Waals surface area (Å²) in [6, 6.07) is 6.84. The number of hydrogen-bond acceptors (Lipinski definition) is 2. The number of amides is 1. The van der Waals surface area contributed by atoms with Crippen molar-refractivity contribution in [3.63, 3.8) is 0 Å². The maximum absolute atomic E-state index is 13.6. The van der Waals surface area contributed by atoms with Crippen molar-refractivity contribution < 1.29 is 13.6 Å². The molecule has 3 nitrogen and oxygen atoms in total. The Morgan fingerprint density at radius 3 is 2.67 bits per heavy atom. The second kappa shape index (κ2) is 5.22. The number of carbonyl (C=O) groups excluding carboxylic acids is 1. The van der Waals surface area contributed by atoms with Crippen LogP contribution < -0.4 is 5.32 Å². The first-order valence-electron chi connectivity index (χ1n) is 4.95. The summed E-state index contributed by atoms with van der Waals surface area (Å²) in [6.45, 7) is 0. The van der Waals surface area contributed by atoms with Crippen molar-refractivity contribution in [1.82, 2.24) is 4.98 Å². The highest BCUT2D eigenvalue weighted by Crippen LogP contribution is 2.19. The minimum Gasteiger partial charge on any atom is -0.320 e. The molecule has 1 aromatic carbocycles. The number of rotatable bonds is 2. The maximum Gasteiger partial charge on any atom is 0.258 e. The van der Waals surface area contributed by atoms with E-state index in [-0.39, 0.29) is 10.0 Å². The van der Waals surface area contributed by atoms with Gasteiger partial charge >= 0.3 is 0 Å². The number of carbonyl (C=O) groups is 1. The van der Waals surface area contributed by atoms with Gasteiger partial charge in [-0.1, -0.05) is 6.07 Å². The Kier molecular flexibility index (Phi) is 3.66. The van der Waals surface area contributed by atoms with Crippen LogP contribution in [0.4, 0.5) is 14.5 Å². The van der Waals surface area contributed by atoms with Crippen LogP contribution in [0.1, 0.15) is 10.4 Å². The van der Waals surface area contributed by atoms with Gasteiger partial charge in [0.2, 0.25) is 5.95 Å². The van der Waals surface area contributed by atoms with E-state index in [0.29, 0.717) is 5.69 Å². The fourth-order valence-electron chi connectivity index (χ4n) is 1.33. The average Bonchev–Trinajstić information content (AvgIpc) is 2.35. The van der Waals surface area contributed by atoms with Gasteiger partial charge in [0.25, 0.3) is 5.91 Å². The second-order valence-corrected chi connectivity index (χ2v) is 4.28. The molecule has 0 aliphatic rings. The summed E-state index contributed by atoms with van der Waals surface area (Å²) in [5, 5.41) is 2.42. The molecule has 0 radical (unpaired) electrons. The van der Waals surface area contributed by atoms with Crippen LogP contribution in [0.2, 0.25) is 0 Å². The molecular formula is C12H7BrF2N2O. The molecule has 92 valence electrons. The number of nitrogens with zero attached hydrogens (tertiary/aromatic N) is 1. The molecule has 0 unspecified atom stereocenters. The van der Waals surface area contributed by atoms with Gasteiger partial charge < -0.3 is 5.32 Å². The summed E-state index contributed by atoms with van der Waals surface area (Å²) in [7, 11) is 0. The van der Waals surface area contributed by atoms with Gasteiger partial charge in [-0.05, 0) is 40.2 Å². The fourth-order valence-corrected chi connectivity index (χ4v) is 1.69. The Bertz CT molecular complexity index is 587. The zero-order chi connectivity index (χ0) is 13.1. The standard InChI is InChI=1S/C12H7BrF2N2O/c13-9-3-1-2-8(11(9)15)12(18)17-7-4-5-10(14)16-6-7/h1-6H,(H,17,18). The Morgan fingerprint density at radius 2 is 2.00 bits per heavy atom. The van der Waals surface area contributed by atoms with Crippen LogP contribution in [0.5, 0.6) is 0 Å². The lowest BCUT2D eigenvalue weighted by Gasteiger charge is -2.06. The van der Waals surface area contributed by atoms with Crippen LogP contribution in [-0.4, -0.2) is 10.9 Å². The van der Waals surface area contributed by atoms with E-state index in [0.717, 1.165) is 12.3 Å². The maximum atomic E-state index is 13.6. The highest BCUT2D eigenvalue weighted by Gasteiger charge is 2.13. The Hall–Kier alpha value is -1.82. The van der Waals surface area contributed by atoms with Gasteiger partial charge in [0, 0.05) is 0 Å². The summed E-state index contributed by atoms with van der Waals surface area (Å²) in [6.07, 6.45) is 1.16. The molecule has 0 saturated heterocycles. The summed E-state index contributed by atoms with van der Waals surface area (Å²) >= 11 is 2.99. The Morgan fingerprint density at radius 1 is 1.22 bits per heavy atom. The van der Waals surface area contributed by atoms with Gasteiger partial charge in [-0.3, -0.25) is 4.79 Å². The molecule has 2 rings (SSSR count). The van der Waals surface area contributed by atoms with Crippen molar-refractivity contribution in [2.24, 2.45) is 0 Å². The number of anilines is 1. The monoisotopic (exact) mass is 312 g/mol. The van der Waals surface area contributed by atoms with E-state index >= 15 is 0 Å². The first-order chi connectivity index (χ1) is 8.58. The highest BCUT2D eigenvalue weighted by atomic mass is 79.9. The van der Waals surface area contributed by atoms with E-state index < -0.39 is 17.7 Å². The Labute approximate surface area is 110 Å². The van der Waals surface area contributed by atoms with E-state index in [4.69, 9.17) is 0 Å². The molecule has 1 amide bonds. The highest BCUT2D eigenvalue weighted by molar-refractivity contribution is 9.10. The number of pyridine rings is 1. The molecule has 2 aromatic rings. The lowest BCUT2D eigenvalue weighted by Crippen LogP contribution is -2.14. The van der Waals surface area contributed by atoms with Crippen molar-refractivity contribution in [1.29, 1.82) is 0 Å². The molecule has 6 heteroatoms. The molecule has 1 aromatic heterocycles. The van der Waals surface area contributed by atoms with E-state index in [2.05, 4.69) is 26.2 Å². The quantitative estimate of drug-likeness (QED) is 0.864. The molecule has 0 aliphatic carbocycles. The van der Waals surface area contributed by atoms with Gasteiger partial charge in [-0.25, -0.2) is 9.37 Å². The van der Waals surface area contributed by atoms with Crippen LogP contribution >= 0.6 is 15.9 Å². The third-order valence-corrected chi connectivity index (χ3v) is 2.79. The van der Waals surface area contributed by atoms with Crippen LogP contribution in [0.3, 0.4) is 0 Å². The van der Waals surface area contributed by atoms with Crippen molar-refractivity contribution in [3.8, 4) is 0 Å². The minimum absolute atomic E-state index is 0.103. The molecule has 18 heavy (non-hydrogen) atoms. The van der Waals surface area contributed by atoms with Gasteiger partial charge in [0.05, 0.1) is 21.9 Å². The van der Waals surface area contributed by atoms with E-state index in [1.807, 2.05) is 0 Å². The first-order valence-corrected chi connectivity index (χ1v) is 5.74. The third-order valence-electron chi connectivity index (χ3n) is 2.18. The molecule has 0 fully saturated rings. The number of benzene rings is 1. The first kappa shape index (κ1) is 12.6. The predicted octanol–water partition coefficient (Wildman–Crippen LogP) is 3.37. The topological polar surface area (TPSA) is 42.0 Å². The van der Waals surface area contributed by atoms with Gasteiger partial charge in [-0.15, -0.1) is 0 Å². The van der Waals surface area contributed by atoms with Gasteiger partial charge in [0.15, 0.2) is 0 Å². The minimum atomic E-state index is -0.651. The van der Waals surface area contributed by atoms with Crippen molar-refractivity contribution in [3.05, 3.63) is 58.3 Å². The third kappa shape index (κ3) is 2.70. The molecule has 0 atom stereocenters. The van der Waals surface area contributed by atoms with Crippen LogP contribution in [0, 0.1) is 11.8 Å². The van der Waals surface area contributed by atoms with Crippen LogP contribution in [0.25, 0.3) is 0 Å². The number of hydrogen-bond donors (Lipinski definition) is 1. The number of halogens is 3. The second-order valence-electron chi connectivity index (χ2n) is 3.43. The molecule has 1 heterocycles. The molecule has 1 N–H and O–H groups in total. The smallest absolute Gasteiger partial charge is 0.258 e. The lowest BCUT2D eigenvalue weighted by molar-refractivity contribution is 0.102. The van der Waals surface area contributed by atoms with Gasteiger partial charge in [0.1, 0.15) is 5.82 Å². The number of nitrogens with one attached hydrogen (secondary N) is 1. The van der Waals surface area contributed by atoms with Crippen molar-refractivity contribution in [2.45, 2.75) is 0 Å². The summed E-state index contributed by atoms with van der Waals surface area (Å²) in [5.41, 5.74) is 0.189. The molecule has 0 aliphatic heterocycles. The average molecular weight is 313 g/mol. The molecular weight excluding hydrogens is 306 g/mol. The molecule has 0 spiro atoms.